The highest BCUT2D eigenvalue weighted by Gasteiger charge is 2.12. The molecule has 0 bridgehead atoms. The first-order valence-electron chi connectivity index (χ1n) is 6.14. The average molecular weight is 280 g/mol. The van der Waals surface area contributed by atoms with Crippen LogP contribution in [0.4, 0.5) is 5.13 Å². The third-order valence-corrected chi connectivity index (χ3v) is 3.45. The zero-order valence-electron chi connectivity index (χ0n) is 10.7. The Morgan fingerprint density at radius 3 is 3.05 bits per heavy atom. The summed E-state index contributed by atoms with van der Waals surface area (Å²) in [5.41, 5.74) is 5.86. The lowest BCUT2D eigenvalue weighted by Gasteiger charge is -1.96. The van der Waals surface area contributed by atoms with Crippen molar-refractivity contribution in [1.29, 1.82) is 0 Å². The summed E-state index contributed by atoms with van der Waals surface area (Å²) in [5, 5.41) is 12.1. The molecule has 6 nitrogen and oxygen atoms in total. The van der Waals surface area contributed by atoms with Gasteiger partial charge in [-0.2, -0.15) is 0 Å². The number of unbranched alkanes of at least 4 members (excludes halogenated alkanes) is 1. The van der Waals surface area contributed by atoms with E-state index in [1.807, 2.05) is 0 Å². The monoisotopic (exact) mass is 280 g/mol. The van der Waals surface area contributed by atoms with Gasteiger partial charge >= 0.3 is 0 Å². The van der Waals surface area contributed by atoms with Gasteiger partial charge in [0.25, 0.3) is 5.91 Å². The van der Waals surface area contributed by atoms with Crippen LogP contribution in [0.2, 0.25) is 0 Å². The summed E-state index contributed by atoms with van der Waals surface area (Å²) >= 11 is 1.40. The van der Waals surface area contributed by atoms with Crippen LogP contribution in [0.15, 0.2) is 16.7 Å². The molecule has 0 saturated carbocycles. The van der Waals surface area contributed by atoms with E-state index in [-0.39, 0.29) is 12.5 Å². The smallest absolute Gasteiger partial charge is 0.260 e. The molecular weight excluding hydrogens is 264 g/mol. The number of carbonyl (C=O) groups is 1. The van der Waals surface area contributed by atoms with Crippen LogP contribution in [0.3, 0.4) is 0 Å². The van der Waals surface area contributed by atoms with Gasteiger partial charge in [-0.25, -0.2) is 0 Å². The molecule has 19 heavy (non-hydrogen) atoms. The van der Waals surface area contributed by atoms with E-state index >= 15 is 0 Å². The van der Waals surface area contributed by atoms with Crippen molar-refractivity contribution in [3.8, 4) is 0 Å². The van der Waals surface area contributed by atoms with Gasteiger partial charge in [-0.15, -0.1) is 10.2 Å². The number of aromatic nitrogens is 2. The molecule has 3 N–H and O–H groups in total. The highest BCUT2D eigenvalue weighted by molar-refractivity contribution is 7.15. The number of rotatable bonds is 6. The molecule has 0 aliphatic rings. The van der Waals surface area contributed by atoms with E-state index in [1.54, 1.807) is 6.07 Å². The fraction of sp³-hybridized carbons (Fsp3) is 0.417. The van der Waals surface area contributed by atoms with Crippen LogP contribution in [-0.2, 0) is 13.0 Å². The van der Waals surface area contributed by atoms with Gasteiger partial charge in [0.15, 0.2) is 0 Å². The van der Waals surface area contributed by atoms with Crippen LogP contribution in [0.1, 0.15) is 40.9 Å². The number of amides is 1. The van der Waals surface area contributed by atoms with Crippen molar-refractivity contribution in [2.75, 3.05) is 5.32 Å². The Balaban J connectivity index is 1.96. The number of furan rings is 1. The van der Waals surface area contributed by atoms with Gasteiger partial charge in [0.05, 0.1) is 12.1 Å². The van der Waals surface area contributed by atoms with Crippen LogP contribution in [0.25, 0.3) is 0 Å². The fourth-order valence-corrected chi connectivity index (χ4v) is 2.29. The van der Waals surface area contributed by atoms with E-state index in [9.17, 15) is 4.79 Å². The Labute approximate surface area is 115 Å². The van der Waals surface area contributed by atoms with Gasteiger partial charge in [0.1, 0.15) is 17.0 Å². The summed E-state index contributed by atoms with van der Waals surface area (Å²) in [7, 11) is 0. The van der Waals surface area contributed by atoms with Crippen molar-refractivity contribution < 1.29 is 9.21 Å². The number of hydrogen-bond donors (Lipinski definition) is 2. The number of hydrogen-bond acceptors (Lipinski definition) is 6. The Bertz CT molecular complexity index is 549. The molecule has 7 heteroatoms. The van der Waals surface area contributed by atoms with Gasteiger partial charge in [0, 0.05) is 6.42 Å². The second-order valence-corrected chi connectivity index (χ2v) is 5.13. The summed E-state index contributed by atoms with van der Waals surface area (Å²) in [6.45, 7) is 2.39. The minimum Gasteiger partial charge on any atom is -0.467 e. The second kappa shape index (κ2) is 6.44. The molecule has 0 atom stereocenters. The van der Waals surface area contributed by atoms with Gasteiger partial charge < -0.3 is 10.2 Å². The molecule has 0 saturated heterocycles. The van der Waals surface area contributed by atoms with Gasteiger partial charge in [-0.05, 0) is 12.5 Å². The van der Waals surface area contributed by atoms with Crippen molar-refractivity contribution in [3.63, 3.8) is 0 Å². The molecule has 0 radical (unpaired) electrons. The van der Waals surface area contributed by atoms with Crippen molar-refractivity contribution in [2.45, 2.75) is 32.7 Å². The molecule has 0 spiro atoms. The molecule has 0 aliphatic carbocycles. The van der Waals surface area contributed by atoms with E-state index in [1.165, 1.54) is 17.6 Å². The average Bonchev–Trinajstić information content (AvgIpc) is 3.05. The topological polar surface area (TPSA) is 94.0 Å². The Morgan fingerprint density at radius 2 is 2.37 bits per heavy atom. The summed E-state index contributed by atoms with van der Waals surface area (Å²) in [6.07, 6.45) is 4.46. The largest absolute Gasteiger partial charge is 0.467 e. The van der Waals surface area contributed by atoms with Gasteiger partial charge in [0.2, 0.25) is 5.13 Å². The van der Waals surface area contributed by atoms with Crippen molar-refractivity contribution in [2.24, 2.45) is 5.73 Å². The summed E-state index contributed by atoms with van der Waals surface area (Å²) in [6, 6.07) is 1.62. The summed E-state index contributed by atoms with van der Waals surface area (Å²) < 4.78 is 5.11. The predicted octanol–water partition coefficient (Wildman–Crippen LogP) is 2.18. The third-order valence-electron chi connectivity index (χ3n) is 2.55. The highest BCUT2D eigenvalue weighted by Crippen LogP contribution is 2.18. The number of nitrogens with one attached hydrogen (secondary N) is 1. The lowest BCUT2D eigenvalue weighted by atomic mass is 10.3. The number of anilines is 1. The third kappa shape index (κ3) is 3.62. The lowest BCUT2D eigenvalue weighted by molar-refractivity contribution is 0.102. The molecular formula is C12H16N4O2S. The van der Waals surface area contributed by atoms with Crippen LogP contribution in [-0.4, -0.2) is 16.1 Å². The number of carbonyl (C=O) groups excluding carboxylic acids is 1. The zero-order chi connectivity index (χ0) is 13.7. The molecule has 2 rings (SSSR count). The van der Waals surface area contributed by atoms with Crippen LogP contribution >= 0.6 is 11.3 Å². The molecule has 0 aliphatic heterocycles. The Kier molecular flexibility index (Phi) is 4.64. The number of nitrogens with two attached hydrogens (primary N) is 1. The fourth-order valence-electron chi connectivity index (χ4n) is 1.51. The van der Waals surface area contributed by atoms with E-state index in [0.29, 0.717) is 16.5 Å². The maximum absolute atomic E-state index is 11.9. The highest BCUT2D eigenvalue weighted by atomic mass is 32.1. The first kappa shape index (κ1) is 13.7. The number of nitrogens with zero attached hydrogens (tertiary/aromatic N) is 2. The SMILES string of the molecule is CCCCc1nnc(NC(=O)c2coc(CN)c2)s1. The summed E-state index contributed by atoms with van der Waals surface area (Å²) in [4.78, 5) is 11.9. The summed E-state index contributed by atoms with van der Waals surface area (Å²) in [5.74, 6) is 0.313. The molecule has 2 heterocycles. The Hall–Kier alpha value is -1.73. The standard InChI is InChI=1S/C12H16N4O2S/c1-2-3-4-10-15-16-12(19-10)14-11(17)8-5-9(6-13)18-7-8/h5,7H,2-4,6,13H2,1H3,(H,14,16,17). The van der Waals surface area contributed by atoms with Crippen molar-refractivity contribution in [3.05, 3.63) is 28.7 Å². The van der Waals surface area contributed by atoms with Gasteiger partial charge in [-0.3, -0.25) is 10.1 Å². The van der Waals surface area contributed by atoms with Crippen LogP contribution in [0, 0.1) is 0 Å². The molecule has 0 aromatic carbocycles. The van der Waals surface area contributed by atoms with E-state index in [4.69, 9.17) is 10.2 Å². The lowest BCUT2D eigenvalue weighted by Crippen LogP contribution is -2.10. The second-order valence-electron chi connectivity index (χ2n) is 4.06. The quantitative estimate of drug-likeness (QED) is 0.845. The van der Waals surface area contributed by atoms with E-state index < -0.39 is 0 Å². The van der Waals surface area contributed by atoms with Gasteiger partial charge in [-0.1, -0.05) is 24.7 Å². The number of aryl methyl sites for hydroxylation is 1. The van der Waals surface area contributed by atoms with Crippen LogP contribution in [0.5, 0.6) is 0 Å². The Morgan fingerprint density at radius 1 is 1.53 bits per heavy atom. The maximum Gasteiger partial charge on any atom is 0.260 e. The van der Waals surface area contributed by atoms with Crippen LogP contribution < -0.4 is 11.1 Å². The maximum atomic E-state index is 11.9. The predicted molar refractivity (Wildman–Crippen MR) is 73.1 cm³/mol. The minimum absolute atomic E-state index is 0.262. The molecule has 102 valence electrons. The van der Waals surface area contributed by atoms with Crippen molar-refractivity contribution in [1.82, 2.24) is 10.2 Å². The van der Waals surface area contributed by atoms with E-state index in [2.05, 4.69) is 22.4 Å². The van der Waals surface area contributed by atoms with E-state index in [0.717, 1.165) is 24.3 Å². The normalized spacial score (nSPS) is 10.6. The molecule has 2 aromatic rings. The minimum atomic E-state index is -0.262. The van der Waals surface area contributed by atoms with Crippen molar-refractivity contribution >= 4 is 22.4 Å². The molecule has 1 amide bonds. The zero-order valence-corrected chi connectivity index (χ0v) is 11.5. The first-order valence-corrected chi connectivity index (χ1v) is 6.95. The molecule has 2 aromatic heterocycles. The molecule has 0 unspecified atom stereocenters. The first-order chi connectivity index (χ1) is 9.22. The molecule has 0 fully saturated rings.